The Bertz CT molecular complexity index is 537. The molecule has 0 aliphatic rings. The molecule has 0 aromatic heterocycles. The summed E-state index contributed by atoms with van der Waals surface area (Å²) in [6.07, 6.45) is 22.4. The van der Waals surface area contributed by atoms with E-state index in [1.807, 2.05) is 0 Å². The van der Waals surface area contributed by atoms with E-state index < -0.39 is 0 Å². The lowest BCUT2D eigenvalue weighted by molar-refractivity contribution is -0.147. The monoisotopic (exact) mass is 480 g/mol. The van der Waals surface area contributed by atoms with Crippen LogP contribution in [0.25, 0.3) is 0 Å². The summed E-state index contributed by atoms with van der Waals surface area (Å²) in [5.74, 6) is -0.100. The van der Waals surface area contributed by atoms with E-state index in [0.29, 0.717) is 26.1 Å². The highest BCUT2D eigenvalue weighted by molar-refractivity contribution is 5.69. The summed E-state index contributed by atoms with van der Waals surface area (Å²) in [5.41, 5.74) is 0.100. The number of allylic oxidation sites excluding steroid dienone is 2. The lowest BCUT2D eigenvalue weighted by Crippen LogP contribution is -2.18. The van der Waals surface area contributed by atoms with Gasteiger partial charge in [0.2, 0.25) is 0 Å². The molecule has 0 spiro atoms. The molecule has 0 bridgehead atoms. The molecule has 0 amide bonds. The molecule has 200 valence electrons. The molecule has 0 aromatic carbocycles. The molecule has 4 nitrogen and oxygen atoms in total. The Labute approximate surface area is 211 Å². The zero-order valence-electron chi connectivity index (χ0n) is 23.5. The predicted octanol–water partition coefficient (Wildman–Crippen LogP) is 8.96. The first-order valence-electron chi connectivity index (χ1n) is 14.0. The van der Waals surface area contributed by atoms with Crippen molar-refractivity contribution < 1.29 is 19.1 Å². The third kappa shape index (κ3) is 26.9. The molecule has 0 saturated heterocycles. The zero-order valence-corrected chi connectivity index (χ0v) is 23.5. The number of unbranched alkanes of at least 4 members (excludes halogenated alkanes) is 12. The van der Waals surface area contributed by atoms with E-state index in [-0.39, 0.29) is 22.8 Å². The summed E-state index contributed by atoms with van der Waals surface area (Å²) >= 11 is 0. The van der Waals surface area contributed by atoms with Crippen molar-refractivity contribution in [2.75, 3.05) is 13.2 Å². The van der Waals surface area contributed by atoms with Crippen LogP contribution in [-0.4, -0.2) is 25.2 Å². The normalized spacial score (nSPS) is 12.3. The molecule has 0 unspecified atom stereocenters. The van der Waals surface area contributed by atoms with E-state index >= 15 is 0 Å². The first-order valence-corrected chi connectivity index (χ1v) is 14.0. The Hall–Kier alpha value is -1.32. The van der Waals surface area contributed by atoms with E-state index in [1.54, 1.807) is 0 Å². The highest BCUT2D eigenvalue weighted by atomic mass is 16.5. The average Bonchev–Trinajstić information content (AvgIpc) is 2.74. The van der Waals surface area contributed by atoms with Gasteiger partial charge >= 0.3 is 11.9 Å². The Morgan fingerprint density at radius 2 is 0.794 bits per heavy atom. The van der Waals surface area contributed by atoms with Gasteiger partial charge in [0.1, 0.15) is 0 Å². The number of hydrogen-bond acceptors (Lipinski definition) is 4. The van der Waals surface area contributed by atoms with Gasteiger partial charge in [-0.1, -0.05) is 105 Å². The maximum atomic E-state index is 11.7. The highest BCUT2D eigenvalue weighted by Gasteiger charge is 2.14. The standard InChI is InChI=1S/C30H56O4/c1-29(2,3)25-33-27(31)23-21-19-17-15-13-11-9-7-8-10-12-14-16-18-20-22-24-28(32)34-26-30(4,5)6/h11,13H,7-10,12,14-26H2,1-6H3/b13-11+. The molecule has 34 heavy (non-hydrogen) atoms. The van der Waals surface area contributed by atoms with Crippen LogP contribution in [0.3, 0.4) is 0 Å². The van der Waals surface area contributed by atoms with E-state index in [9.17, 15) is 9.59 Å². The van der Waals surface area contributed by atoms with Gasteiger partial charge in [-0.2, -0.15) is 0 Å². The molecular formula is C30H56O4. The number of hydrogen-bond donors (Lipinski definition) is 0. The van der Waals surface area contributed by atoms with Crippen molar-refractivity contribution in [1.29, 1.82) is 0 Å². The van der Waals surface area contributed by atoms with Crippen molar-refractivity contribution in [1.82, 2.24) is 0 Å². The summed E-state index contributed by atoms with van der Waals surface area (Å²) in [7, 11) is 0. The second-order valence-corrected chi connectivity index (χ2v) is 12.2. The summed E-state index contributed by atoms with van der Waals surface area (Å²) in [4.78, 5) is 23.3. The summed E-state index contributed by atoms with van der Waals surface area (Å²) in [6.45, 7) is 13.5. The second kappa shape index (κ2) is 19.9. The van der Waals surface area contributed by atoms with Gasteiger partial charge in [0.25, 0.3) is 0 Å². The van der Waals surface area contributed by atoms with Crippen LogP contribution in [0.1, 0.15) is 144 Å². The van der Waals surface area contributed by atoms with Crippen molar-refractivity contribution >= 4 is 11.9 Å². The van der Waals surface area contributed by atoms with E-state index in [4.69, 9.17) is 9.47 Å². The Morgan fingerprint density at radius 1 is 0.500 bits per heavy atom. The maximum absolute atomic E-state index is 11.7. The summed E-state index contributed by atoms with van der Waals surface area (Å²) in [6, 6.07) is 0. The topological polar surface area (TPSA) is 52.6 Å². The fourth-order valence-electron chi connectivity index (χ4n) is 3.45. The van der Waals surface area contributed by atoms with Gasteiger partial charge in [-0.25, -0.2) is 0 Å². The molecule has 0 N–H and O–H groups in total. The van der Waals surface area contributed by atoms with Gasteiger partial charge in [-0.15, -0.1) is 0 Å². The molecule has 0 fully saturated rings. The molecule has 0 aliphatic carbocycles. The van der Waals surface area contributed by atoms with E-state index in [2.05, 4.69) is 53.7 Å². The van der Waals surface area contributed by atoms with Crippen molar-refractivity contribution in [3.63, 3.8) is 0 Å². The largest absolute Gasteiger partial charge is 0.465 e. The average molecular weight is 481 g/mol. The molecule has 0 heterocycles. The van der Waals surface area contributed by atoms with Gasteiger partial charge < -0.3 is 9.47 Å². The number of esters is 2. The van der Waals surface area contributed by atoms with Crippen molar-refractivity contribution in [2.24, 2.45) is 10.8 Å². The predicted molar refractivity (Wildman–Crippen MR) is 144 cm³/mol. The van der Waals surface area contributed by atoms with Crippen LogP contribution in [0.15, 0.2) is 12.2 Å². The van der Waals surface area contributed by atoms with Crippen molar-refractivity contribution in [3.05, 3.63) is 12.2 Å². The Kier molecular flexibility index (Phi) is 19.2. The molecule has 4 heteroatoms. The highest BCUT2D eigenvalue weighted by Crippen LogP contribution is 2.16. The molecule has 0 rings (SSSR count). The van der Waals surface area contributed by atoms with Crippen LogP contribution >= 0.6 is 0 Å². The minimum atomic E-state index is -0.0564. The van der Waals surface area contributed by atoms with Crippen LogP contribution in [0.5, 0.6) is 0 Å². The number of carbonyl (C=O) groups is 2. The number of carbonyl (C=O) groups excluding carboxylic acids is 2. The van der Waals surface area contributed by atoms with Gasteiger partial charge in [0.05, 0.1) is 13.2 Å². The van der Waals surface area contributed by atoms with Crippen LogP contribution in [-0.2, 0) is 19.1 Å². The molecule has 0 aliphatic heterocycles. The fraction of sp³-hybridized carbons (Fsp3) is 0.867. The first-order chi connectivity index (χ1) is 16.0. The van der Waals surface area contributed by atoms with Gasteiger partial charge in [0.15, 0.2) is 0 Å². The van der Waals surface area contributed by atoms with Crippen molar-refractivity contribution in [2.45, 2.75) is 144 Å². The summed E-state index contributed by atoms with van der Waals surface area (Å²) in [5, 5.41) is 0. The molecule has 0 saturated carbocycles. The number of rotatable bonds is 20. The lowest BCUT2D eigenvalue weighted by Gasteiger charge is -2.17. The van der Waals surface area contributed by atoms with Crippen LogP contribution < -0.4 is 0 Å². The quantitative estimate of drug-likeness (QED) is 0.0991. The van der Waals surface area contributed by atoms with Crippen LogP contribution in [0, 0.1) is 10.8 Å². The van der Waals surface area contributed by atoms with E-state index in [0.717, 1.165) is 38.5 Å². The van der Waals surface area contributed by atoms with Crippen molar-refractivity contribution in [3.8, 4) is 0 Å². The number of ether oxygens (including phenoxy) is 2. The summed E-state index contributed by atoms with van der Waals surface area (Å²) < 4.78 is 10.6. The first kappa shape index (κ1) is 32.7. The SMILES string of the molecule is CC(C)(C)COC(=O)CCCCC/C=C/CCCCCCCCCCCC(=O)OCC(C)(C)C. The molecule has 0 atom stereocenters. The minimum absolute atomic E-state index is 0.0439. The van der Waals surface area contributed by atoms with Crippen LogP contribution in [0.4, 0.5) is 0 Å². The fourth-order valence-corrected chi connectivity index (χ4v) is 3.45. The minimum Gasteiger partial charge on any atom is -0.465 e. The van der Waals surface area contributed by atoms with Gasteiger partial charge in [0, 0.05) is 12.8 Å². The van der Waals surface area contributed by atoms with Crippen LogP contribution in [0.2, 0.25) is 0 Å². The second-order valence-electron chi connectivity index (χ2n) is 12.2. The lowest BCUT2D eigenvalue weighted by atomic mass is 9.99. The molecular weight excluding hydrogens is 424 g/mol. The maximum Gasteiger partial charge on any atom is 0.305 e. The van der Waals surface area contributed by atoms with E-state index in [1.165, 1.54) is 51.4 Å². The third-order valence-electron chi connectivity index (χ3n) is 5.50. The molecule has 0 aromatic rings. The Balaban J connectivity index is 3.31. The third-order valence-corrected chi connectivity index (χ3v) is 5.50. The van der Waals surface area contributed by atoms with Gasteiger partial charge in [-0.05, 0) is 49.4 Å². The zero-order chi connectivity index (χ0) is 25.7. The smallest absolute Gasteiger partial charge is 0.305 e. The Morgan fingerprint density at radius 3 is 1.15 bits per heavy atom. The molecule has 0 radical (unpaired) electrons. The van der Waals surface area contributed by atoms with Gasteiger partial charge in [-0.3, -0.25) is 9.59 Å².